The van der Waals surface area contributed by atoms with Gasteiger partial charge in [0.05, 0.1) is 20.8 Å². The lowest BCUT2D eigenvalue weighted by atomic mass is 10.2. The Morgan fingerprint density at radius 2 is 1.87 bits per heavy atom. The molecule has 7 nitrogen and oxygen atoms in total. The number of hydrogen-bond acceptors (Lipinski definition) is 6. The Kier molecular flexibility index (Phi) is 5.50. The van der Waals surface area contributed by atoms with Crippen LogP contribution in [0.15, 0.2) is 45.8 Å². The van der Waals surface area contributed by atoms with Gasteiger partial charge >= 0.3 is 5.91 Å². The third-order valence-electron chi connectivity index (χ3n) is 4.72. The molecular formula is C22H22N2O5S. The van der Waals surface area contributed by atoms with Gasteiger partial charge in [-0.25, -0.2) is 0 Å². The highest BCUT2D eigenvalue weighted by molar-refractivity contribution is 7.16. The van der Waals surface area contributed by atoms with E-state index in [1.54, 1.807) is 20.3 Å². The number of furan rings is 1. The van der Waals surface area contributed by atoms with Crippen LogP contribution in [-0.2, 0) is 6.54 Å². The summed E-state index contributed by atoms with van der Waals surface area (Å²) in [6.07, 6.45) is 0. The monoisotopic (exact) mass is 426 g/mol. The number of thiazole rings is 1. The molecule has 0 atom stereocenters. The molecule has 2 aromatic carbocycles. The minimum Gasteiger partial charge on any atom is -0.495 e. The molecule has 156 valence electrons. The molecule has 0 aliphatic carbocycles. The van der Waals surface area contributed by atoms with Crippen molar-refractivity contribution < 1.29 is 23.4 Å². The van der Waals surface area contributed by atoms with Gasteiger partial charge in [0.1, 0.15) is 21.7 Å². The van der Waals surface area contributed by atoms with E-state index in [1.807, 2.05) is 48.7 Å². The zero-order valence-electron chi connectivity index (χ0n) is 17.2. The van der Waals surface area contributed by atoms with E-state index >= 15 is 0 Å². The fourth-order valence-corrected chi connectivity index (χ4v) is 4.59. The second kappa shape index (κ2) is 8.23. The number of nitrogens with zero attached hydrogens (tertiary/aromatic N) is 2. The van der Waals surface area contributed by atoms with E-state index in [0.29, 0.717) is 40.8 Å². The molecule has 0 saturated carbocycles. The molecular weight excluding hydrogens is 404 g/mol. The molecule has 0 aliphatic heterocycles. The van der Waals surface area contributed by atoms with Crippen molar-refractivity contribution in [2.45, 2.75) is 20.4 Å². The van der Waals surface area contributed by atoms with E-state index in [0.717, 1.165) is 15.6 Å². The average Bonchev–Trinajstić information content (AvgIpc) is 3.35. The van der Waals surface area contributed by atoms with Crippen molar-refractivity contribution in [3.05, 3.63) is 47.0 Å². The third-order valence-corrected chi connectivity index (χ3v) is 5.82. The first-order valence-electron chi connectivity index (χ1n) is 9.60. The summed E-state index contributed by atoms with van der Waals surface area (Å²) in [4.78, 5) is 17.8. The van der Waals surface area contributed by atoms with Crippen LogP contribution in [-0.4, -0.2) is 31.3 Å². The van der Waals surface area contributed by atoms with E-state index in [-0.39, 0.29) is 5.76 Å². The Morgan fingerprint density at radius 3 is 2.57 bits per heavy atom. The SMILES string of the molecule is CCOc1cccc2cc(C(=O)N=c3sc4c(OC)ccc(OC)c4n3CC)oc12. The second-order valence-electron chi connectivity index (χ2n) is 6.41. The number of benzene rings is 2. The molecule has 4 aromatic rings. The van der Waals surface area contributed by atoms with Crippen LogP contribution in [0.2, 0.25) is 0 Å². The highest BCUT2D eigenvalue weighted by atomic mass is 32.1. The van der Waals surface area contributed by atoms with Crippen LogP contribution in [0.4, 0.5) is 0 Å². The molecule has 0 spiro atoms. The second-order valence-corrected chi connectivity index (χ2v) is 7.39. The number of amides is 1. The van der Waals surface area contributed by atoms with Crippen molar-refractivity contribution >= 4 is 38.4 Å². The lowest BCUT2D eigenvalue weighted by molar-refractivity contribution is 0.0973. The van der Waals surface area contributed by atoms with Crippen LogP contribution >= 0.6 is 11.3 Å². The fourth-order valence-electron chi connectivity index (χ4n) is 3.39. The van der Waals surface area contributed by atoms with Gasteiger partial charge in [-0.2, -0.15) is 4.99 Å². The number of carbonyl (C=O) groups excluding carboxylic acids is 1. The van der Waals surface area contributed by atoms with Gasteiger partial charge in [0.25, 0.3) is 0 Å². The van der Waals surface area contributed by atoms with E-state index in [2.05, 4.69) is 4.99 Å². The smallest absolute Gasteiger partial charge is 0.315 e. The van der Waals surface area contributed by atoms with E-state index < -0.39 is 5.91 Å². The lowest BCUT2D eigenvalue weighted by Crippen LogP contribution is -2.16. The summed E-state index contributed by atoms with van der Waals surface area (Å²) < 4.78 is 25.2. The number of carbonyl (C=O) groups is 1. The minimum absolute atomic E-state index is 0.163. The summed E-state index contributed by atoms with van der Waals surface area (Å²) in [5, 5.41) is 0.794. The summed E-state index contributed by atoms with van der Waals surface area (Å²) in [6.45, 7) is 5.01. The molecule has 0 saturated heterocycles. The topological polar surface area (TPSA) is 75.2 Å². The van der Waals surface area contributed by atoms with Crippen molar-refractivity contribution in [3.8, 4) is 17.2 Å². The Bertz CT molecular complexity index is 1300. The summed E-state index contributed by atoms with van der Waals surface area (Å²) in [7, 11) is 3.23. The van der Waals surface area contributed by atoms with Crippen molar-refractivity contribution in [2.75, 3.05) is 20.8 Å². The summed E-state index contributed by atoms with van der Waals surface area (Å²) in [5.74, 6) is 1.71. The maximum atomic E-state index is 12.9. The Balaban J connectivity index is 1.86. The van der Waals surface area contributed by atoms with E-state index in [9.17, 15) is 4.79 Å². The van der Waals surface area contributed by atoms with Crippen molar-refractivity contribution in [3.63, 3.8) is 0 Å². The number of fused-ring (bicyclic) bond motifs is 2. The molecule has 0 unspecified atom stereocenters. The first-order chi connectivity index (χ1) is 14.6. The molecule has 0 N–H and O–H groups in total. The lowest BCUT2D eigenvalue weighted by Gasteiger charge is -2.08. The molecule has 2 aromatic heterocycles. The van der Waals surface area contributed by atoms with E-state index in [1.165, 1.54) is 11.3 Å². The molecule has 0 fully saturated rings. The predicted octanol–water partition coefficient (Wildman–Crippen LogP) is 4.63. The average molecular weight is 426 g/mol. The molecule has 4 rings (SSSR count). The Labute approximate surface area is 177 Å². The van der Waals surface area contributed by atoms with Crippen LogP contribution in [0.25, 0.3) is 21.2 Å². The maximum Gasteiger partial charge on any atom is 0.315 e. The number of methoxy groups -OCH3 is 2. The van der Waals surface area contributed by atoms with Crippen molar-refractivity contribution in [1.82, 2.24) is 4.57 Å². The van der Waals surface area contributed by atoms with Gasteiger partial charge in [0.15, 0.2) is 21.9 Å². The number of aromatic nitrogens is 1. The third kappa shape index (κ3) is 3.33. The van der Waals surface area contributed by atoms with Gasteiger partial charge < -0.3 is 23.2 Å². The zero-order valence-corrected chi connectivity index (χ0v) is 18.0. The van der Waals surface area contributed by atoms with Gasteiger partial charge in [-0.3, -0.25) is 4.79 Å². The van der Waals surface area contributed by atoms with Crippen molar-refractivity contribution in [2.24, 2.45) is 4.99 Å². The fraction of sp³-hybridized carbons (Fsp3) is 0.273. The van der Waals surface area contributed by atoms with Crippen LogP contribution < -0.4 is 19.0 Å². The molecule has 2 heterocycles. The van der Waals surface area contributed by atoms with Gasteiger partial charge in [-0.05, 0) is 38.1 Å². The largest absolute Gasteiger partial charge is 0.495 e. The minimum atomic E-state index is -0.458. The predicted molar refractivity (Wildman–Crippen MR) is 116 cm³/mol. The van der Waals surface area contributed by atoms with Crippen LogP contribution in [0.5, 0.6) is 17.2 Å². The quantitative estimate of drug-likeness (QED) is 0.449. The van der Waals surface area contributed by atoms with E-state index in [4.69, 9.17) is 18.6 Å². The van der Waals surface area contributed by atoms with Crippen LogP contribution in [0.3, 0.4) is 0 Å². The van der Waals surface area contributed by atoms with Gasteiger partial charge in [-0.15, -0.1) is 0 Å². The highest BCUT2D eigenvalue weighted by Crippen LogP contribution is 2.35. The van der Waals surface area contributed by atoms with Gasteiger partial charge in [0, 0.05) is 11.9 Å². The number of para-hydroxylation sites is 1. The first kappa shape index (κ1) is 20.0. The Hall–Kier alpha value is -3.26. The van der Waals surface area contributed by atoms with Crippen LogP contribution in [0.1, 0.15) is 24.4 Å². The first-order valence-corrected chi connectivity index (χ1v) is 10.4. The number of hydrogen-bond donors (Lipinski definition) is 0. The standard InChI is InChI=1S/C22H22N2O5S/c1-5-24-18-14(26-3)10-11-16(27-4)20(18)30-22(24)23-21(25)17-12-13-8-7-9-15(28-6-2)19(13)29-17/h7-12H,5-6H2,1-4H3. The molecule has 0 aliphatic rings. The molecule has 0 bridgehead atoms. The number of ether oxygens (including phenoxy) is 3. The summed E-state index contributed by atoms with van der Waals surface area (Å²) in [5.41, 5.74) is 1.39. The van der Waals surface area contributed by atoms with Crippen LogP contribution in [0, 0.1) is 0 Å². The zero-order chi connectivity index (χ0) is 21.3. The number of aryl methyl sites for hydroxylation is 1. The highest BCUT2D eigenvalue weighted by Gasteiger charge is 2.18. The molecule has 30 heavy (non-hydrogen) atoms. The molecule has 1 amide bonds. The van der Waals surface area contributed by atoms with Gasteiger partial charge in [-0.1, -0.05) is 23.5 Å². The number of rotatable bonds is 6. The van der Waals surface area contributed by atoms with Gasteiger partial charge in [0.2, 0.25) is 0 Å². The summed E-state index contributed by atoms with van der Waals surface area (Å²) >= 11 is 1.37. The maximum absolute atomic E-state index is 12.9. The normalized spacial score (nSPS) is 11.9. The molecule has 8 heteroatoms. The Morgan fingerprint density at radius 1 is 1.10 bits per heavy atom. The summed E-state index contributed by atoms with van der Waals surface area (Å²) in [6, 6.07) is 10.9. The van der Waals surface area contributed by atoms with Crippen molar-refractivity contribution in [1.29, 1.82) is 0 Å². The molecule has 0 radical (unpaired) electrons.